The van der Waals surface area contributed by atoms with Gasteiger partial charge >= 0.3 is 5.97 Å². The molecule has 22 heavy (non-hydrogen) atoms. The third-order valence-electron chi connectivity index (χ3n) is 3.51. The van der Waals surface area contributed by atoms with Crippen molar-refractivity contribution >= 4 is 17.8 Å². The lowest BCUT2D eigenvalue weighted by molar-refractivity contribution is -0.142. The predicted octanol–water partition coefficient (Wildman–Crippen LogP) is 1.23. The summed E-state index contributed by atoms with van der Waals surface area (Å²) in [6.07, 6.45) is 2.57. The highest BCUT2D eigenvalue weighted by Gasteiger charge is 2.29. The first-order valence-corrected chi connectivity index (χ1v) is 7.42. The summed E-state index contributed by atoms with van der Waals surface area (Å²) in [4.78, 5) is 34.5. The molecule has 0 heterocycles. The van der Waals surface area contributed by atoms with E-state index in [1.807, 2.05) is 0 Å². The molecule has 0 aromatic heterocycles. The van der Waals surface area contributed by atoms with Gasteiger partial charge < -0.3 is 15.7 Å². The number of carbonyl (C=O) groups is 3. The van der Waals surface area contributed by atoms with Crippen molar-refractivity contribution in [1.82, 2.24) is 10.6 Å². The maximum atomic E-state index is 11.8. The Kier molecular flexibility index (Phi) is 5.52. The van der Waals surface area contributed by atoms with Crippen LogP contribution in [0, 0.1) is 5.92 Å². The Morgan fingerprint density at radius 2 is 1.86 bits per heavy atom. The Morgan fingerprint density at radius 1 is 1.18 bits per heavy atom. The molecule has 0 radical (unpaired) electrons. The topological polar surface area (TPSA) is 95.5 Å². The van der Waals surface area contributed by atoms with Crippen LogP contribution in [0.2, 0.25) is 0 Å². The van der Waals surface area contributed by atoms with Crippen molar-refractivity contribution in [3.63, 3.8) is 0 Å². The molecule has 6 heteroatoms. The smallest absolute Gasteiger partial charge is 0.330 e. The van der Waals surface area contributed by atoms with Crippen LogP contribution in [0.1, 0.15) is 37.3 Å². The molecule has 3 N–H and O–H groups in total. The van der Waals surface area contributed by atoms with Gasteiger partial charge in [-0.1, -0.05) is 30.3 Å². The molecular weight excluding hydrogens is 284 g/mol. The normalized spacial score (nSPS) is 14.9. The molecule has 1 aromatic rings. The molecule has 0 bridgehead atoms. The largest absolute Gasteiger partial charge is 0.479 e. The second-order valence-corrected chi connectivity index (χ2v) is 5.42. The third-order valence-corrected chi connectivity index (χ3v) is 3.51. The van der Waals surface area contributed by atoms with Crippen molar-refractivity contribution in [2.45, 2.75) is 31.7 Å². The van der Waals surface area contributed by atoms with Crippen molar-refractivity contribution in [1.29, 1.82) is 0 Å². The van der Waals surface area contributed by atoms with Crippen LogP contribution < -0.4 is 10.6 Å². The van der Waals surface area contributed by atoms with Gasteiger partial charge in [-0.2, -0.15) is 0 Å². The Hall–Kier alpha value is -2.37. The van der Waals surface area contributed by atoms with E-state index in [0.717, 1.165) is 12.8 Å². The highest BCUT2D eigenvalue weighted by atomic mass is 16.4. The number of hydrogen-bond donors (Lipinski definition) is 3. The first kappa shape index (κ1) is 16.0. The van der Waals surface area contributed by atoms with Gasteiger partial charge in [-0.3, -0.25) is 9.59 Å². The average molecular weight is 304 g/mol. The molecule has 1 fully saturated rings. The fourth-order valence-corrected chi connectivity index (χ4v) is 2.12. The minimum atomic E-state index is -1.10. The summed E-state index contributed by atoms with van der Waals surface area (Å²) in [6, 6.07) is 7.52. The number of benzene rings is 1. The monoisotopic (exact) mass is 304 g/mol. The van der Waals surface area contributed by atoms with Gasteiger partial charge in [0.1, 0.15) is 0 Å². The van der Waals surface area contributed by atoms with Crippen LogP contribution in [0.15, 0.2) is 30.3 Å². The number of nitrogens with one attached hydrogen (secondary N) is 2. The average Bonchev–Trinajstić information content (AvgIpc) is 3.34. The molecule has 0 unspecified atom stereocenters. The van der Waals surface area contributed by atoms with Crippen molar-refractivity contribution < 1.29 is 19.5 Å². The Bertz CT molecular complexity index is 540. The van der Waals surface area contributed by atoms with Crippen LogP contribution in [-0.2, 0) is 14.4 Å². The summed E-state index contributed by atoms with van der Waals surface area (Å²) < 4.78 is 0. The van der Waals surface area contributed by atoms with E-state index < -0.39 is 12.0 Å². The number of carboxylic acids is 1. The predicted molar refractivity (Wildman–Crippen MR) is 79.9 cm³/mol. The number of amides is 2. The minimum absolute atomic E-state index is 0.0492. The van der Waals surface area contributed by atoms with E-state index in [9.17, 15) is 19.5 Å². The van der Waals surface area contributed by atoms with Gasteiger partial charge in [0.25, 0.3) is 0 Å². The van der Waals surface area contributed by atoms with E-state index >= 15 is 0 Å². The maximum Gasteiger partial charge on any atom is 0.330 e. The van der Waals surface area contributed by atoms with E-state index in [-0.39, 0.29) is 24.2 Å². The number of rotatable bonds is 8. The van der Waals surface area contributed by atoms with Crippen LogP contribution in [0.3, 0.4) is 0 Å². The van der Waals surface area contributed by atoms with Crippen molar-refractivity contribution in [3.05, 3.63) is 35.9 Å². The quantitative estimate of drug-likeness (QED) is 0.630. The fraction of sp³-hybridized carbons (Fsp3) is 0.438. The van der Waals surface area contributed by atoms with Crippen LogP contribution >= 0.6 is 0 Å². The summed E-state index contributed by atoms with van der Waals surface area (Å²) in [5.74, 6) is -1.23. The molecule has 1 aliphatic carbocycles. The first-order chi connectivity index (χ1) is 10.6. The van der Waals surface area contributed by atoms with Gasteiger partial charge in [-0.05, 0) is 24.8 Å². The van der Waals surface area contributed by atoms with Gasteiger partial charge in [0.15, 0.2) is 6.04 Å². The van der Waals surface area contributed by atoms with Gasteiger partial charge in [0.2, 0.25) is 11.8 Å². The summed E-state index contributed by atoms with van der Waals surface area (Å²) in [6.45, 7) is 0.436. The molecule has 118 valence electrons. The number of aliphatic carboxylic acids is 1. The molecule has 1 saturated carbocycles. The molecule has 2 amide bonds. The Balaban J connectivity index is 1.74. The highest BCUT2D eigenvalue weighted by molar-refractivity contribution is 5.84. The molecule has 2 rings (SSSR count). The van der Waals surface area contributed by atoms with Gasteiger partial charge in [-0.25, -0.2) is 4.79 Å². The van der Waals surface area contributed by atoms with Crippen molar-refractivity contribution in [3.8, 4) is 0 Å². The third kappa shape index (κ3) is 4.87. The second-order valence-electron chi connectivity index (χ2n) is 5.42. The van der Waals surface area contributed by atoms with Crippen LogP contribution in [-0.4, -0.2) is 29.4 Å². The lowest BCUT2D eigenvalue weighted by atomic mass is 10.1. The Morgan fingerprint density at radius 3 is 2.45 bits per heavy atom. The second kappa shape index (κ2) is 7.59. The zero-order chi connectivity index (χ0) is 15.9. The summed E-state index contributed by atoms with van der Waals surface area (Å²) in [5, 5.41) is 14.5. The van der Waals surface area contributed by atoms with Gasteiger partial charge in [0, 0.05) is 18.9 Å². The maximum absolute atomic E-state index is 11.8. The zero-order valence-corrected chi connectivity index (χ0v) is 12.2. The van der Waals surface area contributed by atoms with Crippen LogP contribution in [0.5, 0.6) is 0 Å². The first-order valence-electron chi connectivity index (χ1n) is 7.42. The highest BCUT2D eigenvalue weighted by Crippen LogP contribution is 2.28. The molecule has 0 saturated heterocycles. The molecule has 1 atom stereocenters. The van der Waals surface area contributed by atoms with E-state index in [0.29, 0.717) is 18.5 Å². The van der Waals surface area contributed by atoms with Gasteiger partial charge in [0.05, 0.1) is 0 Å². The van der Waals surface area contributed by atoms with E-state index in [1.54, 1.807) is 30.3 Å². The molecule has 1 aliphatic rings. The van der Waals surface area contributed by atoms with E-state index in [2.05, 4.69) is 10.6 Å². The standard InChI is InChI=1S/C16H20N2O4/c19-13(7-4-10-17-15(20)12-8-9-12)18-14(16(21)22)11-5-2-1-3-6-11/h1-3,5-6,12,14H,4,7-10H2,(H,17,20)(H,18,19)(H,21,22)/t14-/m0/s1. The minimum Gasteiger partial charge on any atom is -0.479 e. The summed E-state index contributed by atoms with van der Waals surface area (Å²) >= 11 is 0. The zero-order valence-electron chi connectivity index (χ0n) is 12.2. The molecule has 0 aliphatic heterocycles. The van der Waals surface area contributed by atoms with E-state index in [4.69, 9.17) is 0 Å². The number of carboxylic acid groups (broad SMARTS) is 1. The molecule has 6 nitrogen and oxygen atoms in total. The van der Waals surface area contributed by atoms with Crippen molar-refractivity contribution in [2.24, 2.45) is 5.92 Å². The fourth-order valence-electron chi connectivity index (χ4n) is 2.12. The lowest BCUT2D eigenvalue weighted by Crippen LogP contribution is -2.34. The van der Waals surface area contributed by atoms with Crippen LogP contribution in [0.4, 0.5) is 0 Å². The number of carbonyl (C=O) groups excluding carboxylic acids is 2. The van der Waals surface area contributed by atoms with Gasteiger partial charge in [-0.15, -0.1) is 0 Å². The molecule has 0 spiro atoms. The summed E-state index contributed by atoms with van der Waals surface area (Å²) in [5.41, 5.74) is 0.533. The molecule has 1 aromatic carbocycles. The van der Waals surface area contributed by atoms with Crippen LogP contribution in [0.25, 0.3) is 0 Å². The van der Waals surface area contributed by atoms with Crippen molar-refractivity contribution in [2.75, 3.05) is 6.54 Å². The van der Waals surface area contributed by atoms with E-state index in [1.165, 1.54) is 0 Å². The SMILES string of the molecule is O=C(CCCNC(=O)C1CC1)N[C@H](C(=O)O)c1ccccc1. The lowest BCUT2D eigenvalue weighted by Gasteiger charge is -2.15. The number of hydrogen-bond acceptors (Lipinski definition) is 3. The molecular formula is C16H20N2O4. The summed E-state index contributed by atoms with van der Waals surface area (Å²) in [7, 11) is 0. The Labute approximate surface area is 128 Å².